The fourth-order valence-corrected chi connectivity index (χ4v) is 1.72. The zero-order valence-corrected chi connectivity index (χ0v) is 7.48. The second kappa shape index (κ2) is 2.79. The predicted octanol–water partition coefficient (Wildman–Crippen LogP) is 1.61. The third-order valence-corrected chi connectivity index (χ3v) is 2.28. The van der Waals surface area contributed by atoms with Gasteiger partial charge in [-0.1, -0.05) is 6.07 Å². The van der Waals surface area contributed by atoms with Gasteiger partial charge in [-0.15, -0.1) is 0 Å². The Morgan fingerprint density at radius 1 is 1.33 bits per heavy atom. The van der Waals surface area contributed by atoms with Crippen LogP contribution in [0.2, 0.25) is 0 Å². The summed E-state index contributed by atoms with van der Waals surface area (Å²) in [5.41, 5.74) is 3.98. The maximum atomic E-state index is 5.30. The van der Waals surface area contributed by atoms with Crippen LogP contribution in [0.4, 0.5) is 0 Å². The van der Waals surface area contributed by atoms with Crippen molar-refractivity contribution in [1.82, 2.24) is 5.32 Å². The van der Waals surface area contributed by atoms with Crippen LogP contribution < -0.4 is 10.1 Å². The lowest BCUT2D eigenvalue weighted by atomic mass is 10.1. The number of rotatable bonds is 1. The highest BCUT2D eigenvalue weighted by Crippen LogP contribution is 2.27. The quantitative estimate of drug-likeness (QED) is 0.679. The molecule has 0 saturated heterocycles. The van der Waals surface area contributed by atoms with Gasteiger partial charge in [-0.25, -0.2) is 0 Å². The normalized spacial score (nSPS) is 14.5. The lowest BCUT2D eigenvalue weighted by Crippen LogP contribution is -2.00. The molecule has 0 amide bonds. The Morgan fingerprint density at radius 2 is 2.17 bits per heavy atom. The molecule has 0 bridgehead atoms. The monoisotopic (exact) mass is 163 g/mol. The Bertz CT molecular complexity index is 307. The molecule has 64 valence electrons. The van der Waals surface area contributed by atoms with Crippen LogP contribution in [-0.4, -0.2) is 7.11 Å². The van der Waals surface area contributed by atoms with Crippen LogP contribution in [0.3, 0.4) is 0 Å². The van der Waals surface area contributed by atoms with Gasteiger partial charge in [-0.05, 0) is 24.1 Å². The van der Waals surface area contributed by atoms with E-state index in [0.29, 0.717) is 0 Å². The van der Waals surface area contributed by atoms with E-state index in [1.807, 2.05) is 0 Å². The van der Waals surface area contributed by atoms with E-state index in [-0.39, 0.29) is 0 Å². The summed E-state index contributed by atoms with van der Waals surface area (Å²) in [6.07, 6.45) is 0. The van der Waals surface area contributed by atoms with Gasteiger partial charge < -0.3 is 10.1 Å². The molecule has 0 aromatic heterocycles. The van der Waals surface area contributed by atoms with Gasteiger partial charge in [0.2, 0.25) is 0 Å². The molecule has 1 aromatic carbocycles. The van der Waals surface area contributed by atoms with Crippen molar-refractivity contribution in [3.05, 3.63) is 28.8 Å². The summed E-state index contributed by atoms with van der Waals surface area (Å²) in [4.78, 5) is 0. The second-order valence-electron chi connectivity index (χ2n) is 3.21. The number of aryl methyl sites for hydroxylation is 1. The molecule has 0 spiro atoms. The molecule has 1 aliphatic rings. The lowest BCUT2D eigenvalue weighted by molar-refractivity contribution is 0.409. The van der Waals surface area contributed by atoms with Crippen LogP contribution >= 0.6 is 0 Å². The largest absolute Gasteiger partial charge is 0.496 e. The minimum absolute atomic E-state index is 0.943. The van der Waals surface area contributed by atoms with Crippen LogP contribution in [0.1, 0.15) is 16.7 Å². The summed E-state index contributed by atoms with van der Waals surface area (Å²) in [7, 11) is 1.73. The highest BCUT2D eigenvalue weighted by atomic mass is 16.5. The van der Waals surface area contributed by atoms with Crippen LogP contribution in [0.25, 0.3) is 0 Å². The molecule has 1 aliphatic heterocycles. The van der Waals surface area contributed by atoms with E-state index in [1.54, 1.807) is 7.11 Å². The Hall–Kier alpha value is -1.02. The van der Waals surface area contributed by atoms with Gasteiger partial charge in [-0.3, -0.25) is 0 Å². The standard InChI is InChI=1S/C10H13NO/c1-7-3-8-5-11-6-9(8)10(4-7)12-2/h3-4,11H,5-6H2,1-2H3. The van der Waals surface area contributed by atoms with Crippen molar-refractivity contribution in [3.8, 4) is 5.75 Å². The van der Waals surface area contributed by atoms with Crippen LogP contribution in [0.5, 0.6) is 5.75 Å². The van der Waals surface area contributed by atoms with Crippen molar-refractivity contribution in [2.75, 3.05) is 7.11 Å². The van der Waals surface area contributed by atoms with Crippen LogP contribution in [0, 0.1) is 6.92 Å². The molecule has 0 fully saturated rings. The van der Waals surface area contributed by atoms with Crippen molar-refractivity contribution in [3.63, 3.8) is 0 Å². The van der Waals surface area contributed by atoms with E-state index in [1.165, 1.54) is 16.7 Å². The second-order valence-corrected chi connectivity index (χ2v) is 3.21. The van der Waals surface area contributed by atoms with Gasteiger partial charge in [0.1, 0.15) is 5.75 Å². The first kappa shape index (κ1) is 7.62. The van der Waals surface area contributed by atoms with Gasteiger partial charge in [0.15, 0.2) is 0 Å². The number of benzene rings is 1. The molecule has 2 rings (SSSR count). The van der Waals surface area contributed by atoms with Gasteiger partial charge in [0.25, 0.3) is 0 Å². The molecular formula is C10H13NO. The first-order chi connectivity index (χ1) is 5.81. The average Bonchev–Trinajstić information content (AvgIpc) is 2.50. The Labute approximate surface area is 72.5 Å². The topological polar surface area (TPSA) is 21.3 Å². The van der Waals surface area contributed by atoms with Crippen molar-refractivity contribution in [2.45, 2.75) is 20.0 Å². The highest BCUT2D eigenvalue weighted by molar-refractivity contribution is 5.45. The minimum atomic E-state index is 0.943. The van der Waals surface area contributed by atoms with Crippen LogP contribution in [-0.2, 0) is 13.1 Å². The van der Waals surface area contributed by atoms with Gasteiger partial charge >= 0.3 is 0 Å². The lowest BCUT2D eigenvalue weighted by Gasteiger charge is -2.07. The molecule has 0 radical (unpaired) electrons. The van der Waals surface area contributed by atoms with Gasteiger partial charge in [0.05, 0.1) is 7.11 Å². The number of hydrogen-bond acceptors (Lipinski definition) is 2. The number of fused-ring (bicyclic) bond motifs is 1. The molecule has 1 aromatic rings. The summed E-state index contributed by atoms with van der Waals surface area (Å²) in [6, 6.07) is 4.31. The third kappa shape index (κ3) is 1.08. The maximum absolute atomic E-state index is 5.30. The Morgan fingerprint density at radius 3 is 2.92 bits per heavy atom. The molecule has 0 saturated carbocycles. The summed E-state index contributed by atoms with van der Waals surface area (Å²) in [5.74, 6) is 1.02. The number of methoxy groups -OCH3 is 1. The molecule has 2 heteroatoms. The summed E-state index contributed by atoms with van der Waals surface area (Å²) in [5, 5.41) is 3.31. The maximum Gasteiger partial charge on any atom is 0.123 e. The molecule has 1 heterocycles. The van der Waals surface area contributed by atoms with E-state index < -0.39 is 0 Å². The van der Waals surface area contributed by atoms with Crippen molar-refractivity contribution >= 4 is 0 Å². The zero-order valence-electron chi connectivity index (χ0n) is 7.48. The first-order valence-electron chi connectivity index (χ1n) is 4.18. The van der Waals surface area contributed by atoms with E-state index in [0.717, 1.165) is 18.8 Å². The molecule has 12 heavy (non-hydrogen) atoms. The fraction of sp³-hybridized carbons (Fsp3) is 0.400. The summed E-state index contributed by atoms with van der Waals surface area (Å²) < 4.78 is 5.30. The highest BCUT2D eigenvalue weighted by Gasteiger charge is 2.14. The average molecular weight is 163 g/mol. The zero-order chi connectivity index (χ0) is 8.55. The van der Waals surface area contributed by atoms with E-state index >= 15 is 0 Å². The first-order valence-corrected chi connectivity index (χ1v) is 4.18. The summed E-state index contributed by atoms with van der Waals surface area (Å²) >= 11 is 0. The fourth-order valence-electron chi connectivity index (χ4n) is 1.72. The van der Waals surface area contributed by atoms with E-state index in [9.17, 15) is 0 Å². The van der Waals surface area contributed by atoms with Crippen LogP contribution in [0.15, 0.2) is 12.1 Å². The Balaban J connectivity index is 2.55. The van der Waals surface area contributed by atoms with Gasteiger partial charge in [-0.2, -0.15) is 0 Å². The minimum Gasteiger partial charge on any atom is -0.496 e. The van der Waals surface area contributed by atoms with Gasteiger partial charge in [0, 0.05) is 18.7 Å². The van der Waals surface area contributed by atoms with E-state index in [2.05, 4.69) is 24.4 Å². The number of nitrogens with one attached hydrogen (secondary N) is 1. The van der Waals surface area contributed by atoms with Crippen molar-refractivity contribution in [2.24, 2.45) is 0 Å². The molecule has 2 nitrogen and oxygen atoms in total. The van der Waals surface area contributed by atoms with Crippen molar-refractivity contribution < 1.29 is 4.74 Å². The molecule has 0 aliphatic carbocycles. The Kier molecular flexibility index (Phi) is 1.77. The number of hydrogen-bond donors (Lipinski definition) is 1. The predicted molar refractivity (Wildman–Crippen MR) is 48.3 cm³/mol. The molecule has 0 unspecified atom stereocenters. The smallest absolute Gasteiger partial charge is 0.123 e. The summed E-state index contributed by atoms with van der Waals surface area (Å²) in [6.45, 7) is 4.02. The van der Waals surface area contributed by atoms with E-state index in [4.69, 9.17) is 4.74 Å². The number of ether oxygens (including phenoxy) is 1. The molecular weight excluding hydrogens is 150 g/mol. The molecule has 1 N–H and O–H groups in total. The SMILES string of the molecule is COc1cc(C)cc2c1CNC2. The third-order valence-electron chi connectivity index (χ3n) is 2.28. The molecule has 0 atom stereocenters. The van der Waals surface area contributed by atoms with Crippen molar-refractivity contribution in [1.29, 1.82) is 0 Å².